The van der Waals surface area contributed by atoms with E-state index in [1.54, 1.807) is 45.0 Å². The highest BCUT2D eigenvalue weighted by Crippen LogP contribution is 2.35. The number of aromatic nitrogens is 2. The van der Waals surface area contributed by atoms with Gasteiger partial charge in [0.1, 0.15) is 17.3 Å². The van der Waals surface area contributed by atoms with Crippen molar-refractivity contribution in [3.05, 3.63) is 63.5 Å². The van der Waals surface area contributed by atoms with E-state index in [4.69, 9.17) is 0 Å². The Morgan fingerprint density at radius 1 is 0.857 bits per heavy atom. The summed E-state index contributed by atoms with van der Waals surface area (Å²) in [5.41, 5.74) is 2.24. The number of benzene rings is 2. The van der Waals surface area contributed by atoms with Crippen LogP contribution in [-0.2, 0) is 0 Å². The van der Waals surface area contributed by atoms with Crippen LogP contribution in [0.2, 0.25) is 0 Å². The smallest absolute Gasteiger partial charge is 0.353 e. The van der Waals surface area contributed by atoms with Crippen LogP contribution in [0.15, 0.2) is 36.4 Å². The van der Waals surface area contributed by atoms with Crippen molar-refractivity contribution in [1.82, 2.24) is 9.97 Å². The normalized spacial score (nSPS) is 10.5. The molecule has 0 aliphatic heterocycles. The van der Waals surface area contributed by atoms with E-state index in [1.807, 2.05) is 0 Å². The highest BCUT2D eigenvalue weighted by atomic mass is 16.6. The maximum absolute atomic E-state index is 11.8. The zero-order valence-electron chi connectivity index (χ0n) is 15.5. The average Bonchev–Trinajstić information content (AvgIpc) is 2.59. The fraction of sp³-hybridized carbons (Fsp3) is 0.158. The Labute approximate surface area is 160 Å². The zero-order chi connectivity index (χ0) is 20.4. The number of rotatable bonds is 5. The molecule has 1 aromatic heterocycles. The SMILES string of the molecule is Cc1nc(Nc2ccc(O)cc2C)c([N+](=O)[O-])c(Nc2ccc(O)cc2C)n1. The minimum atomic E-state index is -0.560. The molecule has 0 unspecified atom stereocenters. The highest BCUT2D eigenvalue weighted by Gasteiger charge is 2.25. The van der Waals surface area contributed by atoms with Crippen molar-refractivity contribution in [2.45, 2.75) is 20.8 Å². The van der Waals surface area contributed by atoms with Crippen molar-refractivity contribution in [3.8, 4) is 11.5 Å². The third-order valence-corrected chi connectivity index (χ3v) is 4.10. The topological polar surface area (TPSA) is 133 Å². The minimum Gasteiger partial charge on any atom is -0.508 e. The molecule has 0 atom stereocenters. The van der Waals surface area contributed by atoms with Crippen LogP contribution in [-0.4, -0.2) is 25.1 Å². The largest absolute Gasteiger partial charge is 0.508 e. The monoisotopic (exact) mass is 381 g/mol. The summed E-state index contributed by atoms with van der Waals surface area (Å²) in [7, 11) is 0. The molecule has 0 saturated heterocycles. The summed E-state index contributed by atoms with van der Waals surface area (Å²) in [4.78, 5) is 19.6. The Bertz CT molecular complexity index is 994. The molecule has 0 radical (unpaired) electrons. The van der Waals surface area contributed by atoms with Gasteiger partial charge in [0.15, 0.2) is 0 Å². The van der Waals surface area contributed by atoms with Gasteiger partial charge in [-0.25, -0.2) is 9.97 Å². The van der Waals surface area contributed by atoms with Gasteiger partial charge in [-0.05, 0) is 68.3 Å². The number of hydrogen-bond donors (Lipinski definition) is 4. The molecule has 0 bridgehead atoms. The highest BCUT2D eigenvalue weighted by molar-refractivity contribution is 5.78. The van der Waals surface area contributed by atoms with Gasteiger partial charge in [0.2, 0.25) is 11.6 Å². The van der Waals surface area contributed by atoms with Crippen molar-refractivity contribution in [1.29, 1.82) is 0 Å². The molecule has 0 aliphatic carbocycles. The maximum atomic E-state index is 11.8. The standard InChI is InChI=1S/C19H19N5O4/c1-10-8-13(25)4-6-15(10)22-18-17(24(27)28)19(21-12(3)20-18)23-16-7-5-14(26)9-11(16)2/h4-9,25-26H,1-3H3,(H2,20,21,22,23). The first-order valence-electron chi connectivity index (χ1n) is 8.41. The molecule has 0 amide bonds. The predicted molar refractivity (Wildman–Crippen MR) is 106 cm³/mol. The fourth-order valence-corrected chi connectivity index (χ4v) is 2.75. The molecule has 1 heterocycles. The van der Waals surface area contributed by atoms with Gasteiger partial charge in [-0.1, -0.05) is 0 Å². The van der Waals surface area contributed by atoms with Crippen LogP contribution in [0.25, 0.3) is 0 Å². The van der Waals surface area contributed by atoms with Gasteiger partial charge < -0.3 is 20.8 Å². The Hall–Kier alpha value is -3.88. The quantitative estimate of drug-likeness (QED) is 0.293. The predicted octanol–water partition coefficient (Wildman–Crippen LogP) is 4.21. The van der Waals surface area contributed by atoms with Gasteiger partial charge in [-0.3, -0.25) is 10.1 Å². The second-order valence-electron chi connectivity index (χ2n) is 6.32. The Balaban J connectivity index is 2.07. The first kappa shape index (κ1) is 18.9. The summed E-state index contributed by atoms with van der Waals surface area (Å²) in [6.45, 7) is 5.16. The summed E-state index contributed by atoms with van der Waals surface area (Å²) < 4.78 is 0. The minimum absolute atomic E-state index is 0.0326. The lowest BCUT2D eigenvalue weighted by molar-refractivity contribution is -0.383. The van der Waals surface area contributed by atoms with Crippen molar-refractivity contribution in [2.24, 2.45) is 0 Å². The molecule has 9 nitrogen and oxygen atoms in total. The van der Waals surface area contributed by atoms with E-state index in [0.717, 1.165) is 0 Å². The summed E-state index contributed by atoms with van der Waals surface area (Å²) >= 11 is 0. The number of hydrogen-bond acceptors (Lipinski definition) is 8. The fourth-order valence-electron chi connectivity index (χ4n) is 2.75. The number of phenols is 2. The van der Waals surface area contributed by atoms with E-state index < -0.39 is 4.92 Å². The molecule has 28 heavy (non-hydrogen) atoms. The van der Waals surface area contributed by atoms with E-state index in [9.17, 15) is 20.3 Å². The zero-order valence-corrected chi connectivity index (χ0v) is 15.5. The van der Waals surface area contributed by atoms with Crippen LogP contribution >= 0.6 is 0 Å². The lowest BCUT2D eigenvalue weighted by Gasteiger charge is -2.14. The number of nitrogens with zero attached hydrogens (tertiary/aromatic N) is 3. The van der Waals surface area contributed by atoms with E-state index in [2.05, 4.69) is 20.6 Å². The molecule has 0 saturated carbocycles. The van der Waals surface area contributed by atoms with Crippen LogP contribution in [0.3, 0.4) is 0 Å². The van der Waals surface area contributed by atoms with E-state index >= 15 is 0 Å². The van der Waals surface area contributed by atoms with Gasteiger partial charge in [-0.2, -0.15) is 0 Å². The molecule has 4 N–H and O–H groups in total. The van der Waals surface area contributed by atoms with Crippen molar-refractivity contribution < 1.29 is 15.1 Å². The number of phenolic OH excluding ortho intramolecular Hbond substituents is 2. The molecule has 0 fully saturated rings. The Morgan fingerprint density at radius 2 is 1.29 bits per heavy atom. The van der Waals surface area contributed by atoms with E-state index in [-0.39, 0.29) is 28.8 Å². The summed E-state index contributed by atoms with van der Waals surface area (Å²) in [5, 5.41) is 36.8. The number of nitrogens with one attached hydrogen (secondary N) is 2. The summed E-state index contributed by atoms with van der Waals surface area (Å²) in [5.74, 6) is 0.599. The van der Waals surface area contributed by atoms with Crippen LogP contribution in [0.5, 0.6) is 11.5 Å². The van der Waals surface area contributed by atoms with Gasteiger partial charge in [0.25, 0.3) is 0 Å². The first-order chi connectivity index (χ1) is 13.2. The van der Waals surface area contributed by atoms with Crippen molar-refractivity contribution in [2.75, 3.05) is 10.6 Å². The molecule has 3 rings (SSSR count). The third kappa shape index (κ3) is 3.93. The lowest BCUT2D eigenvalue weighted by Crippen LogP contribution is -2.08. The lowest BCUT2D eigenvalue weighted by atomic mass is 10.2. The maximum Gasteiger partial charge on any atom is 0.353 e. The van der Waals surface area contributed by atoms with E-state index in [1.165, 1.54) is 12.1 Å². The third-order valence-electron chi connectivity index (χ3n) is 4.10. The van der Waals surface area contributed by atoms with Crippen LogP contribution in [0.1, 0.15) is 17.0 Å². The molecule has 3 aromatic rings. The van der Waals surface area contributed by atoms with Gasteiger partial charge >= 0.3 is 5.69 Å². The molecular weight excluding hydrogens is 362 g/mol. The summed E-state index contributed by atoms with van der Waals surface area (Å²) in [6.07, 6.45) is 0. The Morgan fingerprint density at radius 3 is 1.64 bits per heavy atom. The number of anilines is 4. The molecule has 2 aromatic carbocycles. The number of aryl methyl sites for hydroxylation is 3. The summed E-state index contributed by atoms with van der Waals surface area (Å²) in [6, 6.07) is 9.27. The van der Waals surface area contributed by atoms with Gasteiger partial charge in [0.05, 0.1) is 4.92 Å². The average molecular weight is 381 g/mol. The van der Waals surface area contributed by atoms with Gasteiger partial charge in [-0.15, -0.1) is 0 Å². The van der Waals surface area contributed by atoms with Crippen LogP contribution < -0.4 is 10.6 Å². The molecule has 9 heteroatoms. The number of nitro groups is 1. The van der Waals surface area contributed by atoms with Crippen molar-refractivity contribution in [3.63, 3.8) is 0 Å². The van der Waals surface area contributed by atoms with Crippen LogP contribution in [0.4, 0.5) is 28.7 Å². The van der Waals surface area contributed by atoms with E-state index in [0.29, 0.717) is 28.3 Å². The molecule has 144 valence electrons. The van der Waals surface area contributed by atoms with Gasteiger partial charge in [0, 0.05) is 11.4 Å². The Kier molecular flexibility index (Phi) is 4.99. The second kappa shape index (κ2) is 7.39. The second-order valence-corrected chi connectivity index (χ2v) is 6.32. The molecular formula is C19H19N5O4. The molecule has 0 spiro atoms. The number of aromatic hydroxyl groups is 2. The molecule has 0 aliphatic rings. The first-order valence-corrected chi connectivity index (χ1v) is 8.41. The van der Waals surface area contributed by atoms with Crippen molar-refractivity contribution >= 4 is 28.7 Å². The van der Waals surface area contributed by atoms with Crippen LogP contribution in [0, 0.1) is 30.9 Å².